The monoisotopic (exact) mass is 344 g/mol. The largest absolute Gasteiger partial charge is 0.494 e. The lowest BCUT2D eigenvalue weighted by atomic mass is 10.1. The van der Waals surface area contributed by atoms with Crippen molar-refractivity contribution in [1.82, 2.24) is 9.97 Å². The molecule has 2 aromatic rings. The number of thioether (sulfide) groups is 1. The van der Waals surface area contributed by atoms with Gasteiger partial charge in [0, 0.05) is 30.7 Å². The minimum Gasteiger partial charge on any atom is -0.494 e. The van der Waals surface area contributed by atoms with E-state index >= 15 is 0 Å². The zero-order valence-electron chi connectivity index (χ0n) is 14.2. The second-order valence-corrected chi connectivity index (χ2v) is 6.96. The normalized spacial score (nSPS) is 15.8. The highest BCUT2D eigenvalue weighted by molar-refractivity contribution is 7.99. The lowest BCUT2D eigenvalue weighted by molar-refractivity contribution is 0.340. The van der Waals surface area contributed by atoms with Crippen LogP contribution in [0.1, 0.15) is 25.5 Å². The summed E-state index contributed by atoms with van der Waals surface area (Å²) in [4.78, 5) is 11.1. The first-order valence-electron chi connectivity index (χ1n) is 8.40. The molecule has 1 aromatic carbocycles. The van der Waals surface area contributed by atoms with E-state index in [0.29, 0.717) is 6.61 Å². The van der Waals surface area contributed by atoms with Gasteiger partial charge in [-0.15, -0.1) is 0 Å². The van der Waals surface area contributed by atoms with Gasteiger partial charge in [-0.1, -0.05) is 12.1 Å². The van der Waals surface area contributed by atoms with Gasteiger partial charge < -0.3 is 15.0 Å². The van der Waals surface area contributed by atoms with Crippen molar-refractivity contribution in [1.29, 1.82) is 0 Å². The Labute approximate surface area is 147 Å². The van der Waals surface area contributed by atoms with Crippen molar-refractivity contribution in [3.63, 3.8) is 0 Å². The number of hydrogen-bond acceptors (Lipinski definition) is 6. The van der Waals surface area contributed by atoms with Gasteiger partial charge in [0.05, 0.1) is 12.6 Å². The van der Waals surface area contributed by atoms with Gasteiger partial charge >= 0.3 is 0 Å². The molecule has 0 amide bonds. The Morgan fingerprint density at radius 3 is 2.88 bits per heavy atom. The van der Waals surface area contributed by atoms with Crippen molar-refractivity contribution >= 4 is 23.4 Å². The number of ether oxygens (including phenoxy) is 1. The molecule has 1 aromatic heterocycles. The molecular weight excluding hydrogens is 320 g/mol. The fraction of sp³-hybridized carbons (Fsp3) is 0.444. The topological polar surface area (TPSA) is 50.3 Å². The molecule has 6 heteroatoms. The summed E-state index contributed by atoms with van der Waals surface area (Å²) in [5, 5.41) is 3.47. The zero-order valence-corrected chi connectivity index (χ0v) is 15.1. The van der Waals surface area contributed by atoms with Gasteiger partial charge in [-0.3, -0.25) is 0 Å². The first-order valence-corrected chi connectivity index (χ1v) is 9.56. The van der Waals surface area contributed by atoms with Gasteiger partial charge in [0.15, 0.2) is 0 Å². The van der Waals surface area contributed by atoms with Crippen LogP contribution in [0.25, 0.3) is 0 Å². The van der Waals surface area contributed by atoms with Crippen molar-refractivity contribution in [2.45, 2.75) is 19.9 Å². The molecule has 1 N–H and O–H groups in total. The first-order chi connectivity index (χ1) is 11.8. The molecule has 0 radical (unpaired) electrons. The fourth-order valence-electron chi connectivity index (χ4n) is 2.74. The Morgan fingerprint density at radius 2 is 2.08 bits per heavy atom. The molecule has 1 saturated heterocycles. The van der Waals surface area contributed by atoms with E-state index in [9.17, 15) is 0 Å². The van der Waals surface area contributed by atoms with Crippen LogP contribution in [0, 0.1) is 0 Å². The molecule has 1 fully saturated rings. The number of benzene rings is 1. The Morgan fingerprint density at radius 1 is 1.25 bits per heavy atom. The van der Waals surface area contributed by atoms with Gasteiger partial charge in [-0.2, -0.15) is 11.8 Å². The first kappa shape index (κ1) is 16.9. The summed E-state index contributed by atoms with van der Waals surface area (Å²) < 4.78 is 5.58. The van der Waals surface area contributed by atoms with Gasteiger partial charge in [0.25, 0.3) is 0 Å². The van der Waals surface area contributed by atoms with Crippen LogP contribution < -0.4 is 15.0 Å². The molecule has 3 rings (SSSR count). The number of anilines is 2. The Balaban J connectivity index is 1.69. The van der Waals surface area contributed by atoms with Crippen LogP contribution >= 0.6 is 11.8 Å². The third-order valence-corrected chi connectivity index (χ3v) is 4.96. The van der Waals surface area contributed by atoms with Crippen molar-refractivity contribution in [2.75, 3.05) is 41.4 Å². The highest BCUT2D eigenvalue weighted by Gasteiger charge is 2.14. The van der Waals surface area contributed by atoms with E-state index in [2.05, 4.69) is 39.2 Å². The summed E-state index contributed by atoms with van der Waals surface area (Å²) in [5.41, 5.74) is 1.18. The average Bonchev–Trinajstić information content (AvgIpc) is 2.63. The Hall–Kier alpha value is -1.95. The minimum absolute atomic E-state index is 0.144. The maximum atomic E-state index is 5.58. The molecule has 5 nitrogen and oxygen atoms in total. The highest BCUT2D eigenvalue weighted by atomic mass is 32.2. The number of nitrogens with one attached hydrogen (secondary N) is 1. The third kappa shape index (κ3) is 4.32. The number of hydrogen-bond donors (Lipinski definition) is 1. The maximum absolute atomic E-state index is 5.58. The molecule has 2 heterocycles. The molecule has 1 aliphatic heterocycles. The molecule has 0 aliphatic carbocycles. The molecule has 1 unspecified atom stereocenters. The van der Waals surface area contributed by atoms with Gasteiger partial charge in [-0.05, 0) is 31.5 Å². The molecule has 1 atom stereocenters. The minimum atomic E-state index is 0.144. The van der Waals surface area contributed by atoms with Crippen LogP contribution in [-0.4, -0.2) is 41.2 Å². The van der Waals surface area contributed by atoms with E-state index in [1.807, 2.05) is 36.9 Å². The van der Waals surface area contributed by atoms with Gasteiger partial charge in [0.2, 0.25) is 0 Å². The van der Waals surface area contributed by atoms with Crippen LogP contribution in [0.2, 0.25) is 0 Å². The molecule has 0 bridgehead atoms. The summed E-state index contributed by atoms with van der Waals surface area (Å²) in [6, 6.07) is 10.4. The van der Waals surface area contributed by atoms with Crippen LogP contribution in [-0.2, 0) is 0 Å². The van der Waals surface area contributed by atoms with Crippen LogP contribution in [0.15, 0.2) is 36.7 Å². The van der Waals surface area contributed by atoms with E-state index in [4.69, 9.17) is 4.74 Å². The standard InChI is InChI=1S/C18H24N4OS/c1-3-23-16-6-4-5-15(11-16)14(2)21-17-12-18(20-13-19-17)22-7-9-24-10-8-22/h4-6,11-14H,3,7-10H2,1-2H3,(H,19,20,21). The van der Waals surface area contributed by atoms with Crippen molar-refractivity contribution in [3.05, 3.63) is 42.2 Å². The van der Waals surface area contributed by atoms with Crippen LogP contribution in [0.4, 0.5) is 11.6 Å². The SMILES string of the molecule is CCOc1cccc(C(C)Nc2cc(N3CCSCC3)ncn2)c1. The van der Waals surface area contributed by atoms with E-state index in [1.54, 1.807) is 6.33 Å². The summed E-state index contributed by atoms with van der Waals surface area (Å²) in [6.07, 6.45) is 1.64. The Kier molecular flexibility index (Phi) is 5.80. The summed E-state index contributed by atoms with van der Waals surface area (Å²) in [5.74, 6) is 5.08. The molecule has 24 heavy (non-hydrogen) atoms. The quantitative estimate of drug-likeness (QED) is 0.864. The van der Waals surface area contributed by atoms with Crippen molar-refractivity contribution in [2.24, 2.45) is 0 Å². The van der Waals surface area contributed by atoms with E-state index < -0.39 is 0 Å². The van der Waals surface area contributed by atoms with E-state index in [1.165, 1.54) is 5.56 Å². The number of nitrogens with zero attached hydrogens (tertiary/aromatic N) is 3. The highest BCUT2D eigenvalue weighted by Crippen LogP contribution is 2.24. The lowest BCUT2D eigenvalue weighted by Gasteiger charge is -2.27. The van der Waals surface area contributed by atoms with Crippen molar-refractivity contribution in [3.8, 4) is 5.75 Å². The summed E-state index contributed by atoms with van der Waals surface area (Å²) in [6.45, 7) is 6.90. The van der Waals surface area contributed by atoms with Gasteiger partial charge in [0.1, 0.15) is 23.7 Å². The average molecular weight is 344 g/mol. The predicted octanol–water partition coefficient (Wildman–Crippen LogP) is 3.60. The lowest BCUT2D eigenvalue weighted by Crippen LogP contribution is -2.33. The fourth-order valence-corrected chi connectivity index (χ4v) is 3.64. The molecule has 0 spiro atoms. The molecular formula is C18H24N4OS. The number of aromatic nitrogens is 2. The predicted molar refractivity (Wildman–Crippen MR) is 101 cm³/mol. The smallest absolute Gasteiger partial charge is 0.134 e. The summed E-state index contributed by atoms with van der Waals surface area (Å²) in [7, 11) is 0. The Bertz CT molecular complexity index is 661. The number of rotatable bonds is 6. The van der Waals surface area contributed by atoms with Crippen LogP contribution in [0.3, 0.4) is 0 Å². The molecule has 0 saturated carbocycles. The molecule has 128 valence electrons. The zero-order chi connectivity index (χ0) is 16.8. The second-order valence-electron chi connectivity index (χ2n) is 5.73. The maximum Gasteiger partial charge on any atom is 0.134 e. The van der Waals surface area contributed by atoms with Gasteiger partial charge in [-0.25, -0.2) is 9.97 Å². The molecule has 1 aliphatic rings. The summed E-state index contributed by atoms with van der Waals surface area (Å²) >= 11 is 2.00. The third-order valence-electron chi connectivity index (χ3n) is 4.02. The van der Waals surface area contributed by atoms with E-state index in [0.717, 1.165) is 42.0 Å². The van der Waals surface area contributed by atoms with Crippen LogP contribution in [0.5, 0.6) is 5.75 Å². The second kappa shape index (κ2) is 8.24. The van der Waals surface area contributed by atoms with E-state index in [-0.39, 0.29) is 6.04 Å². The van der Waals surface area contributed by atoms with Crippen molar-refractivity contribution < 1.29 is 4.74 Å².